The number of aromatic hydroxyl groups is 1. The Labute approximate surface area is 201 Å². The summed E-state index contributed by atoms with van der Waals surface area (Å²) in [5, 5.41) is 18.2. The number of hydrogen-bond donors (Lipinski definition) is 2. The largest absolute Gasteiger partial charge is 0.508 e. The molecule has 188 valence electrons. The van der Waals surface area contributed by atoms with E-state index in [4.69, 9.17) is 5.11 Å². The standard InChI is InChI=1S/C16H34O.C14H22O/c1-2-3-4-5-6-7-8-9-10-11-12-13-14-15-16-17;1-12(2)8-4-3-5-9-13-10-6-7-11-14(13)15/h17H,2-16H2,1H3;6-7,10-12,15H,3-5,8-9H2,1-2H3. The van der Waals surface area contributed by atoms with Crippen LogP contribution in [0.1, 0.15) is 142 Å². The molecule has 2 nitrogen and oxygen atoms in total. The van der Waals surface area contributed by atoms with Crippen molar-refractivity contribution < 1.29 is 10.2 Å². The number of phenols is 1. The predicted octanol–water partition coefficient (Wildman–Crippen LogP) is 9.61. The zero-order chi connectivity index (χ0) is 23.7. The molecule has 0 amide bonds. The van der Waals surface area contributed by atoms with Crippen molar-refractivity contribution >= 4 is 0 Å². The summed E-state index contributed by atoms with van der Waals surface area (Å²) in [4.78, 5) is 0. The van der Waals surface area contributed by atoms with Crippen LogP contribution in [-0.4, -0.2) is 16.8 Å². The van der Waals surface area contributed by atoms with E-state index in [-0.39, 0.29) is 0 Å². The SMILES string of the molecule is CC(C)CCCCCc1ccccc1O.CCCCCCCCCCCCCCCCO. The predicted molar refractivity (Wildman–Crippen MR) is 143 cm³/mol. The Hall–Kier alpha value is -1.02. The average Bonchev–Trinajstić information content (AvgIpc) is 2.78. The molecule has 32 heavy (non-hydrogen) atoms. The van der Waals surface area contributed by atoms with Crippen LogP contribution in [0.25, 0.3) is 0 Å². The Morgan fingerprint density at radius 2 is 1.09 bits per heavy atom. The lowest BCUT2D eigenvalue weighted by Gasteiger charge is -2.05. The molecular weight excluding hydrogens is 392 g/mol. The molecular formula is C30H56O2. The highest BCUT2D eigenvalue weighted by Crippen LogP contribution is 2.19. The lowest BCUT2D eigenvalue weighted by molar-refractivity contribution is 0.282. The highest BCUT2D eigenvalue weighted by molar-refractivity contribution is 5.31. The first kappa shape index (κ1) is 31.0. The van der Waals surface area contributed by atoms with Crippen molar-refractivity contribution in [3.8, 4) is 5.75 Å². The molecule has 1 rings (SSSR count). The Balaban J connectivity index is 0.000000604. The molecule has 0 unspecified atom stereocenters. The number of benzene rings is 1. The Bertz CT molecular complexity index is 469. The minimum atomic E-state index is 0.373. The van der Waals surface area contributed by atoms with Crippen LogP contribution in [0.4, 0.5) is 0 Å². The topological polar surface area (TPSA) is 40.5 Å². The van der Waals surface area contributed by atoms with Gasteiger partial charge >= 0.3 is 0 Å². The summed E-state index contributed by atoms with van der Waals surface area (Å²) in [7, 11) is 0. The van der Waals surface area contributed by atoms with Crippen LogP contribution in [-0.2, 0) is 6.42 Å². The van der Waals surface area contributed by atoms with Gasteiger partial charge in [0.15, 0.2) is 0 Å². The summed E-state index contributed by atoms with van der Waals surface area (Å²) >= 11 is 0. The molecule has 0 aliphatic carbocycles. The van der Waals surface area contributed by atoms with Gasteiger partial charge in [0.2, 0.25) is 0 Å². The van der Waals surface area contributed by atoms with Gasteiger partial charge in [0.05, 0.1) is 0 Å². The molecule has 0 aliphatic rings. The number of rotatable bonds is 20. The van der Waals surface area contributed by atoms with Gasteiger partial charge in [-0.05, 0) is 36.8 Å². The summed E-state index contributed by atoms with van der Waals surface area (Å²) in [6.45, 7) is 7.19. The fourth-order valence-corrected chi connectivity index (χ4v) is 4.07. The van der Waals surface area contributed by atoms with Crippen molar-refractivity contribution in [3.63, 3.8) is 0 Å². The van der Waals surface area contributed by atoms with Gasteiger partial charge in [0.1, 0.15) is 5.75 Å². The van der Waals surface area contributed by atoms with Crippen LogP contribution in [0.5, 0.6) is 5.75 Å². The molecule has 0 bridgehead atoms. The normalized spacial score (nSPS) is 10.9. The van der Waals surface area contributed by atoms with Crippen molar-refractivity contribution in [1.82, 2.24) is 0 Å². The van der Waals surface area contributed by atoms with Gasteiger partial charge in [-0.3, -0.25) is 0 Å². The molecule has 0 spiro atoms. The van der Waals surface area contributed by atoms with Gasteiger partial charge in [-0.2, -0.15) is 0 Å². The van der Waals surface area contributed by atoms with Gasteiger partial charge in [0.25, 0.3) is 0 Å². The highest BCUT2D eigenvalue weighted by atomic mass is 16.3. The van der Waals surface area contributed by atoms with Crippen LogP contribution >= 0.6 is 0 Å². The number of aliphatic hydroxyl groups excluding tert-OH is 1. The molecule has 0 aliphatic heterocycles. The smallest absolute Gasteiger partial charge is 0.118 e. The third kappa shape index (κ3) is 22.2. The molecule has 0 radical (unpaired) electrons. The fraction of sp³-hybridized carbons (Fsp3) is 0.800. The van der Waals surface area contributed by atoms with Crippen LogP contribution in [0.15, 0.2) is 24.3 Å². The lowest BCUT2D eigenvalue weighted by Crippen LogP contribution is -1.89. The molecule has 0 aromatic heterocycles. The van der Waals surface area contributed by atoms with Crippen molar-refractivity contribution in [2.75, 3.05) is 6.61 Å². The maximum atomic E-state index is 9.56. The maximum absolute atomic E-state index is 9.56. The van der Waals surface area contributed by atoms with Crippen LogP contribution in [0.3, 0.4) is 0 Å². The molecule has 0 heterocycles. The molecule has 0 saturated carbocycles. The van der Waals surface area contributed by atoms with Gasteiger partial charge < -0.3 is 10.2 Å². The van der Waals surface area contributed by atoms with E-state index in [1.807, 2.05) is 18.2 Å². The number of unbranched alkanes of at least 4 members (excludes halogenated alkanes) is 15. The number of aryl methyl sites for hydroxylation is 1. The first-order valence-electron chi connectivity index (χ1n) is 14.0. The molecule has 2 heteroatoms. The van der Waals surface area contributed by atoms with Crippen LogP contribution < -0.4 is 0 Å². The summed E-state index contributed by atoms with van der Waals surface area (Å²) in [6.07, 6.45) is 25.3. The summed E-state index contributed by atoms with van der Waals surface area (Å²) in [5.74, 6) is 1.26. The molecule has 0 saturated heterocycles. The third-order valence-electron chi connectivity index (χ3n) is 6.23. The quantitative estimate of drug-likeness (QED) is 0.195. The summed E-state index contributed by atoms with van der Waals surface area (Å²) in [5.41, 5.74) is 1.09. The van der Waals surface area contributed by atoms with Crippen molar-refractivity contribution in [2.24, 2.45) is 5.92 Å². The Morgan fingerprint density at radius 1 is 0.625 bits per heavy atom. The molecule has 1 aromatic rings. The molecule has 1 aromatic carbocycles. The number of hydrogen-bond acceptors (Lipinski definition) is 2. The van der Waals surface area contributed by atoms with E-state index in [1.54, 1.807) is 6.07 Å². The van der Waals surface area contributed by atoms with Gasteiger partial charge in [-0.25, -0.2) is 0 Å². The zero-order valence-electron chi connectivity index (χ0n) is 21.9. The second-order valence-electron chi connectivity index (χ2n) is 9.94. The molecule has 0 atom stereocenters. The fourth-order valence-electron chi connectivity index (χ4n) is 4.07. The zero-order valence-corrected chi connectivity index (χ0v) is 21.9. The minimum Gasteiger partial charge on any atom is -0.508 e. The van der Waals surface area contributed by atoms with E-state index in [9.17, 15) is 5.11 Å². The van der Waals surface area contributed by atoms with E-state index in [0.717, 1.165) is 24.3 Å². The van der Waals surface area contributed by atoms with Crippen LogP contribution in [0, 0.1) is 5.92 Å². The van der Waals surface area contributed by atoms with Crippen molar-refractivity contribution in [2.45, 2.75) is 143 Å². The van der Waals surface area contributed by atoms with Gasteiger partial charge in [-0.15, -0.1) is 0 Å². The Morgan fingerprint density at radius 3 is 1.56 bits per heavy atom. The first-order chi connectivity index (χ1) is 15.6. The summed E-state index contributed by atoms with van der Waals surface area (Å²) < 4.78 is 0. The average molecular weight is 449 g/mol. The minimum absolute atomic E-state index is 0.373. The van der Waals surface area contributed by atoms with Crippen molar-refractivity contribution in [3.05, 3.63) is 29.8 Å². The first-order valence-corrected chi connectivity index (χ1v) is 14.0. The molecule has 0 fully saturated rings. The number of aliphatic hydroxyl groups is 1. The van der Waals surface area contributed by atoms with E-state index < -0.39 is 0 Å². The van der Waals surface area contributed by atoms with E-state index in [1.165, 1.54) is 109 Å². The van der Waals surface area contributed by atoms with E-state index >= 15 is 0 Å². The van der Waals surface area contributed by atoms with Crippen LogP contribution in [0.2, 0.25) is 0 Å². The Kier molecular flexibility index (Phi) is 23.8. The maximum Gasteiger partial charge on any atom is 0.118 e. The number of phenolic OH excluding ortho intramolecular Hbond substituents is 1. The second kappa shape index (κ2) is 24.6. The van der Waals surface area contributed by atoms with E-state index in [2.05, 4.69) is 20.8 Å². The van der Waals surface area contributed by atoms with Gasteiger partial charge in [-0.1, -0.05) is 142 Å². The monoisotopic (exact) mass is 448 g/mol. The van der Waals surface area contributed by atoms with Gasteiger partial charge in [0, 0.05) is 6.61 Å². The lowest BCUT2D eigenvalue weighted by atomic mass is 10.0. The second-order valence-corrected chi connectivity index (χ2v) is 9.94. The van der Waals surface area contributed by atoms with E-state index in [0.29, 0.717) is 12.4 Å². The third-order valence-corrected chi connectivity index (χ3v) is 6.23. The van der Waals surface area contributed by atoms with Crippen molar-refractivity contribution in [1.29, 1.82) is 0 Å². The highest BCUT2D eigenvalue weighted by Gasteiger charge is 1.99. The number of para-hydroxylation sites is 1. The molecule has 2 N–H and O–H groups in total. The summed E-state index contributed by atoms with van der Waals surface area (Å²) in [6, 6.07) is 7.64.